The molecule has 2 fully saturated rings. The van der Waals surface area contributed by atoms with Crippen molar-refractivity contribution < 1.29 is 9.18 Å². The summed E-state index contributed by atoms with van der Waals surface area (Å²) in [6.45, 7) is 3.98. The van der Waals surface area contributed by atoms with Crippen molar-refractivity contribution in [2.24, 2.45) is 7.05 Å². The fourth-order valence-electron chi connectivity index (χ4n) is 4.72. The topological polar surface area (TPSA) is 75.9 Å². The van der Waals surface area contributed by atoms with Crippen molar-refractivity contribution >= 4 is 22.6 Å². The van der Waals surface area contributed by atoms with Crippen LogP contribution in [0.25, 0.3) is 22.0 Å². The molecular weight excluding hydrogens is 455 g/mol. The lowest BCUT2D eigenvalue weighted by molar-refractivity contribution is 0.0717. The maximum Gasteiger partial charge on any atom is 0.272 e. The molecule has 184 valence electrons. The summed E-state index contributed by atoms with van der Waals surface area (Å²) in [4.78, 5) is 24.4. The highest BCUT2D eigenvalue weighted by atomic mass is 19.1. The number of rotatable bonds is 7. The van der Waals surface area contributed by atoms with E-state index in [2.05, 4.69) is 26.4 Å². The lowest BCUT2D eigenvalue weighted by Crippen LogP contribution is -2.34. The number of fused-ring (bicyclic) bond motifs is 1. The first-order chi connectivity index (χ1) is 17.4. The predicted molar refractivity (Wildman–Crippen MR) is 137 cm³/mol. The summed E-state index contributed by atoms with van der Waals surface area (Å²) in [6, 6.07) is 13.6. The molecule has 0 saturated heterocycles. The lowest BCUT2D eigenvalue weighted by atomic mass is 10.0. The van der Waals surface area contributed by atoms with Crippen LogP contribution >= 0.6 is 0 Å². The fraction of sp³-hybridized carbons (Fsp3) is 0.357. The van der Waals surface area contributed by atoms with Crippen LogP contribution in [0.1, 0.15) is 53.3 Å². The number of aryl methyl sites for hydroxylation is 3. The number of nitrogens with one attached hydrogen (secondary N) is 1. The minimum absolute atomic E-state index is 0.112. The van der Waals surface area contributed by atoms with Crippen LogP contribution in [-0.2, 0) is 13.6 Å². The number of halogens is 1. The van der Waals surface area contributed by atoms with Crippen LogP contribution in [0.15, 0.2) is 42.5 Å². The molecule has 2 heterocycles. The van der Waals surface area contributed by atoms with Crippen LogP contribution in [0.4, 0.5) is 10.2 Å². The molecule has 7 nitrogen and oxygen atoms in total. The third-order valence-corrected chi connectivity index (χ3v) is 6.92. The van der Waals surface area contributed by atoms with Gasteiger partial charge in [0, 0.05) is 36.6 Å². The average Bonchev–Trinajstić information content (AvgIpc) is 3.77. The van der Waals surface area contributed by atoms with Gasteiger partial charge in [0.2, 0.25) is 0 Å². The normalized spacial score (nSPS) is 15.3. The van der Waals surface area contributed by atoms with E-state index in [9.17, 15) is 4.79 Å². The first-order valence-corrected chi connectivity index (χ1v) is 12.5. The second kappa shape index (κ2) is 8.69. The van der Waals surface area contributed by atoms with E-state index >= 15 is 4.39 Å². The third kappa shape index (κ3) is 4.43. The third-order valence-electron chi connectivity index (χ3n) is 6.92. The first kappa shape index (κ1) is 22.6. The molecular formula is C28H29FN6O. The molecule has 0 atom stereocenters. The highest BCUT2D eigenvalue weighted by Gasteiger charge is 2.35. The van der Waals surface area contributed by atoms with Gasteiger partial charge in [0.15, 0.2) is 0 Å². The Hall–Kier alpha value is -3.81. The number of nitrogens with zero attached hydrogens (tertiary/aromatic N) is 5. The molecule has 0 spiro atoms. The van der Waals surface area contributed by atoms with Gasteiger partial charge in [0.25, 0.3) is 5.91 Å². The number of carbonyl (C=O) groups is 1. The molecule has 6 rings (SSSR count). The van der Waals surface area contributed by atoms with Gasteiger partial charge >= 0.3 is 0 Å². The molecule has 4 aromatic rings. The Morgan fingerprint density at radius 3 is 2.50 bits per heavy atom. The van der Waals surface area contributed by atoms with Gasteiger partial charge in [0.05, 0.1) is 11.2 Å². The molecule has 36 heavy (non-hydrogen) atoms. The fourth-order valence-corrected chi connectivity index (χ4v) is 4.72. The molecule has 1 N–H and O–H groups in total. The van der Waals surface area contributed by atoms with Crippen LogP contribution in [0.2, 0.25) is 0 Å². The zero-order chi connectivity index (χ0) is 25.0. The monoisotopic (exact) mass is 484 g/mol. The Balaban J connectivity index is 1.33. The maximum atomic E-state index is 15.0. The molecule has 2 aliphatic carbocycles. The van der Waals surface area contributed by atoms with Gasteiger partial charge < -0.3 is 10.2 Å². The largest absolute Gasteiger partial charge is 0.367 e. The molecule has 2 aromatic carbocycles. The van der Waals surface area contributed by atoms with E-state index in [1.54, 1.807) is 28.8 Å². The summed E-state index contributed by atoms with van der Waals surface area (Å²) in [5.41, 5.74) is 4.55. The van der Waals surface area contributed by atoms with Gasteiger partial charge in [-0.2, -0.15) is 5.10 Å². The summed E-state index contributed by atoms with van der Waals surface area (Å²) in [7, 11) is 1.77. The molecule has 2 aliphatic rings. The summed E-state index contributed by atoms with van der Waals surface area (Å²) in [5, 5.41) is 8.78. The summed E-state index contributed by atoms with van der Waals surface area (Å²) < 4.78 is 16.6. The second-order valence-corrected chi connectivity index (χ2v) is 10.0. The minimum Gasteiger partial charge on any atom is -0.367 e. The van der Waals surface area contributed by atoms with Gasteiger partial charge in [0.1, 0.15) is 23.2 Å². The first-order valence-electron chi connectivity index (χ1n) is 12.5. The number of hydrogen-bond acceptors (Lipinski definition) is 5. The van der Waals surface area contributed by atoms with E-state index in [4.69, 9.17) is 0 Å². The van der Waals surface area contributed by atoms with Crippen molar-refractivity contribution in [1.29, 1.82) is 0 Å². The van der Waals surface area contributed by atoms with Crippen molar-refractivity contribution in [1.82, 2.24) is 24.6 Å². The van der Waals surface area contributed by atoms with E-state index in [0.29, 0.717) is 17.3 Å². The van der Waals surface area contributed by atoms with Crippen LogP contribution in [0.3, 0.4) is 0 Å². The van der Waals surface area contributed by atoms with Gasteiger partial charge in [-0.25, -0.2) is 14.4 Å². The minimum atomic E-state index is -0.311. The van der Waals surface area contributed by atoms with Gasteiger partial charge in [-0.1, -0.05) is 12.1 Å². The molecule has 0 radical (unpaired) electrons. The number of benzene rings is 2. The van der Waals surface area contributed by atoms with Crippen molar-refractivity contribution in [3.63, 3.8) is 0 Å². The van der Waals surface area contributed by atoms with Crippen molar-refractivity contribution in [3.05, 3.63) is 71.1 Å². The second-order valence-electron chi connectivity index (χ2n) is 10.0. The van der Waals surface area contributed by atoms with Crippen LogP contribution < -0.4 is 5.32 Å². The van der Waals surface area contributed by atoms with Crippen LogP contribution in [0.5, 0.6) is 0 Å². The standard InChI is InChI=1S/C28H29FN6O/c1-16-12-26(34(3)33-16)28(36)35(22-8-9-22)15-20-13-18(4-10-24(20)29)19-5-11-25-23(14-19)27(31-17(2)30-25)32-21-6-7-21/h4-5,10-14,21-22H,6-9,15H2,1-3H3,(H,30,31,32). The average molecular weight is 485 g/mol. The molecule has 0 aliphatic heterocycles. The van der Waals surface area contributed by atoms with Crippen molar-refractivity contribution in [2.45, 2.75) is 58.2 Å². The van der Waals surface area contributed by atoms with E-state index in [1.165, 1.54) is 6.07 Å². The Bertz CT molecular complexity index is 1490. The summed E-state index contributed by atoms with van der Waals surface area (Å²) >= 11 is 0. The van der Waals surface area contributed by atoms with E-state index in [1.807, 2.05) is 32.0 Å². The summed E-state index contributed by atoms with van der Waals surface area (Å²) in [5.74, 6) is 1.16. The van der Waals surface area contributed by atoms with Gasteiger partial charge in [-0.05, 0) is 81.0 Å². The highest BCUT2D eigenvalue weighted by Crippen LogP contribution is 2.34. The lowest BCUT2D eigenvalue weighted by Gasteiger charge is -2.23. The Kier molecular flexibility index (Phi) is 5.47. The number of aromatic nitrogens is 4. The maximum absolute atomic E-state index is 15.0. The van der Waals surface area contributed by atoms with E-state index in [-0.39, 0.29) is 24.3 Å². The number of hydrogen-bond donors (Lipinski definition) is 1. The number of carbonyl (C=O) groups excluding carboxylic acids is 1. The summed E-state index contributed by atoms with van der Waals surface area (Å²) in [6.07, 6.45) is 4.18. The SMILES string of the molecule is Cc1cc(C(=O)N(Cc2cc(-c3ccc4nc(C)nc(NC5CC5)c4c3)ccc2F)C2CC2)n(C)n1. The molecule has 8 heteroatoms. The predicted octanol–water partition coefficient (Wildman–Crippen LogP) is 5.17. The van der Waals surface area contributed by atoms with Crippen LogP contribution in [-0.4, -0.2) is 42.6 Å². The molecule has 0 bridgehead atoms. The molecule has 1 amide bonds. The van der Waals surface area contributed by atoms with Gasteiger partial charge in [-0.3, -0.25) is 9.48 Å². The van der Waals surface area contributed by atoms with Crippen molar-refractivity contribution in [2.75, 3.05) is 5.32 Å². The molecule has 2 saturated carbocycles. The van der Waals surface area contributed by atoms with Crippen LogP contribution in [0, 0.1) is 19.7 Å². The number of amides is 1. The van der Waals surface area contributed by atoms with E-state index < -0.39 is 0 Å². The highest BCUT2D eigenvalue weighted by molar-refractivity contribution is 5.94. The van der Waals surface area contributed by atoms with Crippen molar-refractivity contribution in [3.8, 4) is 11.1 Å². The number of anilines is 1. The Labute approximate surface area is 209 Å². The molecule has 0 unspecified atom stereocenters. The Morgan fingerprint density at radius 2 is 1.81 bits per heavy atom. The Morgan fingerprint density at radius 1 is 1.06 bits per heavy atom. The molecule has 2 aromatic heterocycles. The smallest absolute Gasteiger partial charge is 0.272 e. The van der Waals surface area contributed by atoms with Gasteiger partial charge in [-0.15, -0.1) is 0 Å². The zero-order valence-electron chi connectivity index (χ0n) is 20.8. The zero-order valence-corrected chi connectivity index (χ0v) is 20.8. The van der Waals surface area contributed by atoms with E-state index in [0.717, 1.165) is 65.0 Å². The quantitative estimate of drug-likeness (QED) is 0.392.